The summed E-state index contributed by atoms with van der Waals surface area (Å²) in [4.78, 5) is 15.7. The maximum absolute atomic E-state index is 12.4. The van der Waals surface area contributed by atoms with E-state index in [1.807, 2.05) is 0 Å². The Morgan fingerprint density at radius 2 is 1.92 bits per heavy atom. The summed E-state index contributed by atoms with van der Waals surface area (Å²) in [6.07, 6.45) is 2.99. The van der Waals surface area contributed by atoms with Crippen molar-refractivity contribution in [2.45, 2.75) is 17.9 Å². The quantitative estimate of drug-likeness (QED) is 0.680. The number of pyridine rings is 1. The number of hydrogen-bond acceptors (Lipinski definition) is 6. The highest BCUT2D eigenvalue weighted by molar-refractivity contribution is 7.89. The Hall–Kier alpha value is -3.04. The van der Waals surface area contributed by atoms with E-state index in [1.54, 1.807) is 36.5 Å². The molecular formula is C17H15N3O5S. The number of aromatic carboxylic acids is 1. The fourth-order valence-corrected chi connectivity index (χ4v) is 3.68. The van der Waals surface area contributed by atoms with E-state index < -0.39 is 22.0 Å². The first kappa shape index (κ1) is 17.8. The Morgan fingerprint density at radius 3 is 2.54 bits per heavy atom. The van der Waals surface area contributed by atoms with Crippen LogP contribution in [0.4, 0.5) is 0 Å². The first-order valence-electron chi connectivity index (χ1n) is 7.61. The van der Waals surface area contributed by atoms with Crippen molar-refractivity contribution in [3.63, 3.8) is 0 Å². The standard InChI is InChI=1S/C17H15N3O5S/c1-11(20-26(23,24)13-7-3-2-4-8-13)16-14(17(21)22)15(19-25-16)12-6-5-9-18-10-12/h2-11,20H,1H3,(H,21,22)/t11-/m1/s1. The second kappa shape index (κ2) is 7.06. The zero-order chi connectivity index (χ0) is 18.7. The number of carboxylic acid groups (broad SMARTS) is 1. The van der Waals surface area contributed by atoms with E-state index in [9.17, 15) is 18.3 Å². The molecule has 2 aromatic heterocycles. The number of nitrogens with zero attached hydrogens (tertiary/aromatic N) is 2. The van der Waals surface area contributed by atoms with Crippen molar-refractivity contribution in [2.24, 2.45) is 0 Å². The lowest BCUT2D eigenvalue weighted by atomic mass is 10.1. The van der Waals surface area contributed by atoms with Gasteiger partial charge in [-0.2, -0.15) is 0 Å². The molecule has 134 valence electrons. The van der Waals surface area contributed by atoms with Crippen molar-refractivity contribution in [2.75, 3.05) is 0 Å². The molecule has 9 heteroatoms. The van der Waals surface area contributed by atoms with Crippen LogP contribution in [0.2, 0.25) is 0 Å². The lowest BCUT2D eigenvalue weighted by molar-refractivity contribution is 0.0694. The van der Waals surface area contributed by atoms with Crippen molar-refractivity contribution >= 4 is 16.0 Å². The van der Waals surface area contributed by atoms with Gasteiger partial charge in [-0.1, -0.05) is 23.4 Å². The summed E-state index contributed by atoms with van der Waals surface area (Å²) in [7, 11) is -3.85. The van der Waals surface area contributed by atoms with Crippen LogP contribution in [-0.2, 0) is 10.0 Å². The van der Waals surface area contributed by atoms with E-state index in [1.165, 1.54) is 25.3 Å². The number of carbonyl (C=O) groups is 1. The molecule has 0 aliphatic carbocycles. The molecule has 0 aliphatic heterocycles. The maximum atomic E-state index is 12.4. The summed E-state index contributed by atoms with van der Waals surface area (Å²) in [6, 6.07) is 10.1. The van der Waals surface area contributed by atoms with Gasteiger partial charge >= 0.3 is 5.97 Å². The van der Waals surface area contributed by atoms with E-state index in [0.29, 0.717) is 5.56 Å². The third-order valence-corrected chi connectivity index (χ3v) is 5.20. The molecule has 1 atom stereocenters. The molecule has 0 unspecified atom stereocenters. The van der Waals surface area contributed by atoms with Crippen LogP contribution < -0.4 is 4.72 Å². The highest BCUT2D eigenvalue weighted by Crippen LogP contribution is 2.29. The average molecular weight is 373 g/mol. The number of benzene rings is 1. The Bertz CT molecular complexity index is 1020. The molecule has 26 heavy (non-hydrogen) atoms. The fourth-order valence-electron chi connectivity index (χ4n) is 2.46. The van der Waals surface area contributed by atoms with Gasteiger partial charge in [0, 0.05) is 18.0 Å². The van der Waals surface area contributed by atoms with Gasteiger partial charge in [-0.15, -0.1) is 0 Å². The van der Waals surface area contributed by atoms with Gasteiger partial charge in [-0.05, 0) is 31.2 Å². The molecule has 2 N–H and O–H groups in total. The van der Waals surface area contributed by atoms with Crippen molar-refractivity contribution in [1.82, 2.24) is 14.9 Å². The number of rotatable bonds is 6. The zero-order valence-electron chi connectivity index (χ0n) is 13.7. The molecule has 1 aromatic carbocycles. The number of nitrogens with one attached hydrogen (secondary N) is 1. The van der Waals surface area contributed by atoms with Gasteiger partial charge in [0.05, 0.1) is 10.9 Å². The van der Waals surface area contributed by atoms with Gasteiger partial charge in [-0.3, -0.25) is 4.98 Å². The second-order valence-electron chi connectivity index (χ2n) is 5.47. The Kier molecular flexibility index (Phi) is 4.83. The van der Waals surface area contributed by atoms with Gasteiger partial charge in [0.25, 0.3) is 0 Å². The SMILES string of the molecule is C[C@@H](NS(=O)(=O)c1ccccc1)c1onc(-c2cccnc2)c1C(=O)O. The van der Waals surface area contributed by atoms with Crippen LogP contribution in [0, 0.1) is 0 Å². The average Bonchev–Trinajstić information content (AvgIpc) is 3.08. The molecule has 0 aliphatic rings. The van der Waals surface area contributed by atoms with Crippen molar-refractivity contribution in [3.8, 4) is 11.3 Å². The Balaban J connectivity index is 1.97. The minimum Gasteiger partial charge on any atom is -0.477 e. The molecule has 8 nitrogen and oxygen atoms in total. The molecular weight excluding hydrogens is 358 g/mol. The topological polar surface area (TPSA) is 122 Å². The maximum Gasteiger partial charge on any atom is 0.341 e. The van der Waals surface area contributed by atoms with Crippen LogP contribution >= 0.6 is 0 Å². The van der Waals surface area contributed by atoms with E-state index >= 15 is 0 Å². The van der Waals surface area contributed by atoms with Gasteiger partial charge in [-0.25, -0.2) is 17.9 Å². The number of aromatic nitrogens is 2. The van der Waals surface area contributed by atoms with Crippen LogP contribution in [0.5, 0.6) is 0 Å². The molecule has 3 aromatic rings. The van der Waals surface area contributed by atoms with Crippen molar-refractivity contribution in [1.29, 1.82) is 0 Å². The minimum atomic E-state index is -3.85. The third-order valence-electron chi connectivity index (χ3n) is 3.65. The summed E-state index contributed by atoms with van der Waals surface area (Å²) < 4.78 is 32.5. The molecule has 3 rings (SSSR count). The second-order valence-corrected chi connectivity index (χ2v) is 7.19. The zero-order valence-corrected chi connectivity index (χ0v) is 14.5. The van der Waals surface area contributed by atoms with E-state index in [2.05, 4.69) is 14.9 Å². The molecule has 0 spiro atoms. The molecule has 0 amide bonds. The lowest BCUT2D eigenvalue weighted by Gasteiger charge is -2.12. The molecule has 0 fully saturated rings. The van der Waals surface area contributed by atoms with E-state index in [4.69, 9.17) is 4.52 Å². The molecule has 0 saturated carbocycles. The summed E-state index contributed by atoms with van der Waals surface area (Å²) in [5.74, 6) is -1.36. The predicted octanol–water partition coefficient (Wildman–Crippen LogP) is 2.47. The first-order chi connectivity index (χ1) is 12.4. The van der Waals surface area contributed by atoms with Gasteiger partial charge in [0.2, 0.25) is 10.0 Å². The molecule has 0 bridgehead atoms. The van der Waals surface area contributed by atoms with Crippen LogP contribution in [0.3, 0.4) is 0 Å². The van der Waals surface area contributed by atoms with Gasteiger partial charge < -0.3 is 9.63 Å². The Labute approximate surface area is 149 Å². The molecule has 2 heterocycles. The summed E-state index contributed by atoms with van der Waals surface area (Å²) in [6.45, 7) is 1.49. The van der Waals surface area contributed by atoms with Crippen LogP contribution in [0.1, 0.15) is 29.1 Å². The highest BCUT2D eigenvalue weighted by Gasteiger charge is 2.29. The first-order valence-corrected chi connectivity index (χ1v) is 9.09. The largest absolute Gasteiger partial charge is 0.477 e. The Morgan fingerprint density at radius 1 is 1.19 bits per heavy atom. The smallest absolute Gasteiger partial charge is 0.341 e. The van der Waals surface area contributed by atoms with E-state index in [-0.39, 0.29) is 21.9 Å². The minimum absolute atomic E-state index is 0.0655. The van der Waals surface area contributed by atoms with E-state index in [0.717, 1.165) is 0 Å². The van der Waals surface area contributed by atoms with Gasteiger partial charge in [0.1, 0.15) is 11.3 Å². The fraction of sp³-hybridized carbons (Fsp3) is 0.118. The summed E-state index contributed by atoms with van der Waals surface area (Å²) >= 11 is 0. The third kappa shape index (κ3) is 3.48. The van der Waals surface area contributed by atoms with Gasteiger partial charge in [0.15, 0.2) is 5.76 Å². The van der Waals surface area contributed by atoms with Crippen LogP contribution in [0.15, 0.2) is 64.3 Å². The highest BCUT2D eigenvalue weighted by atomic mass is 32.2. The normalized spacial score (nSPS) is 12.7. The molecule has 0 radical (unpaired) electrons. The monoisotopic (exact) mass is 373 g/mol. The van der Waals surface area contributed by atoms with Crippen LogP contribution in [0.25, 0.3) is 11.3 Å². The predicted molar refractivity (Wildman–Crippen MR) is 91.9 cm³/mol. The molecule has 0 saturated heterocycles. The number of sulfonamides is 1. The van der Waals surface area contributed by atoms with Crippen molar-refractivity contribution < 1.29 is 22.8 Å². The summed E-state index contributed by atoms with van der Waals surface area (Å²) in [5.41, 5.74) is 0.339. The summed E-state index contributed by atoms with van der Waals surface area (Å²) in [5, 5.41) is 13.4. The van der Waals surface area contributed by atoms with Crippen molar-refractivity contribution in [3.05, 3.63) is 66.2 Å². The number of carboxylic acids is 1. The lowest BCUT2D eigenvalue weighted by Crippen LogP contribution is -2.27. The number of hydrogen-bond donors (Lipinski definition) is 2. The van der Waals surface area contributed by atoms with Crippen LogP contribution in [-0.4, -0.2) is 29.6 Å².